The highest BCUT2D eigenvalue weighted by molar-refractivity contribution is 5.98. The van der Waals surface area contributed by atoms with E-state index < -0.39 is 0 Å². The third kappa shape index (κ3) is 3.00. The smallest absolute Gasteiger partial charge is 0.320 e. The molecule has 2 fully saturated rings. The fraction of sp³-hybridized carbons (Fsp3) is 0.600. The summed E-state index contributed by atoms with van der Waals surface area (Å²) in [4.78, 5) is 31.7. The third-order valence-corrected chi connectivity index (χ3v) is 5.86. The fourth-order valence-corrected chi connectivity index (χ4v) is 4.56. The Morgan fingerprint density at radius 1 is 1.00 bits per heavy atom. The second-order valence-electron chi connectivity index (χ2n) is 7.65. The van der Waals surface area contributed by atoms with E-state index in [4.69, 9.17) is 0 Å². The van der Waals surface area contributed by atoms with Gasteiger partial charge in [0.25, 0.3) is 0 Å². The van der Waals surface area contributed by atoms with E-state index in [0.29, 0.717) is 6.54 Å². The van der Waals surface area contributed by atoms with Crippen LogP contribution in [0.4, 0.5) is 10.5 Å². The fourth-order valence-electron chi connectivity index (χ4n) is 4.56. The number of benzene rings is 1. The van der Waals surface area contributed by atoms with Gasteiger partial charge in [-0.05, 0) is 50.7 Å². The summed E-state index contributed by atoms with van der Waals surface area (Å²) in [6, 6.07) is 8.53. The van der Waals surface area contributed by atoms with Gasteiger partial charge in [-0.1, -0.05) is 18.2 Å². The van der Waals surface area contributed by atoms with Crippen molar-refractivity contribution in [1.29, 1.82) is 0 Å². The van der Waals surface area contributed by atoms with Crippen LogP contribution < -0.4 is 4.90 Å². The molecule has 0 saturated carbocycles. The van der Waals surface area contributed by atoms with Crippen molar-refractivity contribution in [3.63, 3.8) is 0 Å². The van der Waals surface area contributed by atoms with Crippen LogP contribution in [-0.4, -0.2) is 54.0 Å². The number of likely N-dealkylation sites (tertiary alicyclic amines) is 2. The Morgan fingerprint density at radius 2 is 1.72 bits per heavy atom. The molecule has 3 amide bonds. The molecule has 5 heteroatoms. The molecule has 0 spiro atoms. The quantitative estimate of drug-likeness (QED) is 0.788. The van der Waals surface area contributed by atoms with Gasteiger partial charge >= 0.3 is 6.03 Å². The SMILES string of the molecule is C[C@@H]1Cc2ccccc2N1C(=O)[C@H]1CCCN(C(=O)N2CCCC2)C1. The number of rotatable bonds is 1. The van der Waals surface area contributed by atoms with Gasteiger partial charge in [-0.3, -0.25) is 4.79 Å². The van der Waals surface area contributed by atoms with Crippen LogP contribution in [0.25, 0.3) is 0 Å². The molecule has 0 aromatic heterocycles. The van der Waals surface area contributed by atoms with Crippen LogP contribution in [-0.2, 0) is 11.2 Å². The van der Waals surface area contributed by atoms with Crippen molar-refractivity contribution in [3.05, 3.63) is 29.8 Å². The average molecular weight is 341 g/mol. The van der Waals surface area contributed by atoms with Crippen LogP contribution in [0.3, 0.4) is 0 Å². The molecule has 134 valence electrons. The van der Waals surface area contributed by atoms with Gasteiger partial charge in [-0.15, -0.1) is 0 Å². The number of piperidine rings is 1. The van der Waals surface area contributed by atoms with Crippen LogP contribution in [0, 0.1) is 5.92 Å². The number of carbonyl (C=O) groups excluding carboxylic acids is 2. The largest absolute Gasteiger partial charge is 0.325 e. The molecule has 1 aromatic rings. The number of urea groups is 1. The van der Waals surface area contributed by atoms with Gasteiger partial charge in [0.1, 0.15) is 0 Å². The molecule has 1 aromatic carbocycles. The lowest BCUT2D eigenvalue weighted by Crippen LogP contribution is -2.51. The van der Waals surface area contributed by atoms with Gasteiger partial charge in [-0.25, -0.2) is 4.79 Å². The first kappa shape index (κ1) is 16.4. The van der Waals surface area contributed by atoms with Gasteiger partial charge in [0.2, 0.25) is 5.91 Å². The minimum atomic E-state index is -0.0751. The van der Waals surface area contributed by atoms with Crippen molar-refractivity contribution < 1.29 is 9.59 Å². The van der Waals surface area contributed by atoms with Crippen LogP contribution in [0.15, 0.2) is 24.3 Å². The Morgan fingerprint density at radius 3 is 2.52 bits per heavy atom. The second kappa shape index (κ2) is 6.70. The standard InChI is InChI=1S/C20H27N3O2/c1-15-13-16-7-2-3-9-18(16)23(15)19(24)17-8-6-12-22(14-17)20(25)21-10-4-5-11-21/h2-3,7,9,15,17H,4-6,8,10-14H2,1H3/t15-,17+/m1/s1. The predicted octanol–water partition coefficient (Wildman–Crippen LogP) is 2.89. The van der Waals surface area contributed by atoms with E-state index in [0.717, 1.165) is 57.4 Å². The van der Waals surface area contributed by atoms with Gasteiger partial charge in [0, 0.05) is 37.9 Å². The Hall–Kier alpha value is -2.04. The normalized spacial score (nSPS) is 26.0. The Bertz CT molecular complexity index is 669. The maximum atomic E-state index is 13.2. The highest BCUT2D eigenvalue weighted by atomic mass is 16.2. The summed E-state index contributed by atoms with van der Waals surface area (Å²) in [7, 11) is 0. The number of anilines is 1. The van der Waals surface area contributed by atoms with Crippen molar-refractivity contribution in [2.24, 2.45) is 5.92 Å². The number of para-hydroxylation sites is 1. The van der Waals surface area contributed by atoms with Crippen LogP contribution in [0.1, 0.15) is 38.2 Å². The van der Waals surface area contributed by atoms with Crippen molar-refractivity contribution in [3.8, 4) is 0 Å². The molecule has 3 aliphatic rings. The summed E-state index contributed by atoms with van der Waals surface area (Å²) in [6.45, 7) is 5.20. The summed E-state index contributed by atoms with van der Waals surface area (Å²) >= 11 is 0. The highest BCUT2D eigenvalue weighted by Crippen LogP contribution is 2.34. The van der Waals surface area contributed by atoms with Gasteiger partial charge in [-0.2, -0.15) is 0 Å². The molecule has 3 heterocycles. The first-order valence-corrected chi connectivity index (χ1v) is 9.60. The Labute approximate surface area is 149 Å². The first-order chi connectivity index (χ1) is 12.1. The summed E-state index contributed by atoms with van der Waals surface area (Å²) in [6.07, 6.45) is 4.92. The molecule has 0 aliphatic carbocycles. The lowest BCUT2D eigenvalue weighted by molar-refractivity contribution is -0.124. The zero-order chi connectivity index (χ0) is 17.4. The average Bonchev–Trinajstić information content (AvgIpc) is 3.27. The highest BCUT2D eigenvalue weighted by Gasteiger charge is 2.38. The third-order valence-electron chi connectivity index (χ3n) is 5.86. The molecule has 5 nitrogen and oxygen atoms in total. The van der Waals surface area contributed by atoms with Crippen molar-refractivity contribution in [2.75, 3.05) is 31.1 Å². The van der Waals surface area contributed by atoms with E-state index in [1.54, 1.807) is 0 Å². The van der Waals surface area contributed by atoms with E-state index in [2.05, 4.69) is 13.0 Å². The van der Waals surface area contributed by atoms with Crippen molar-refractivity contribution >= 4 is 17.6 Å². The summed E-state index contributed by atoms with van der Waals surface area (Å²) in [5.41, 5.74) is 2.31. The summed E-state index contributed by atoms with van der Waals surface area (Å²) in [5, 5.41) is 0. The lowest BCUT2D eigenvalue weighted by Gasteiger charge is -2.37. The van der Waals surface area contributed by atoms with E-state index in [1.807, 2.05) is 32.9 Å². The molecule has 4 rings (SSSR count). The Kier molecular flexibility index (Phi) is 4.40. The molecular weight excluding hydrogens is 314 g/mol. The predicted molar refractivity (Wildman–Crippen MR) is 97.6 cm³/mol. The second-order valence-corrected chi connectivity index (χ2v) is 7.65. The van der Waals surface area contributed by atoms with Gasteiger partial charge in [0.15, 0.2) is 0 Å². The zero-order valence-electron chi connectivity index (χ0n) is 15.0. The van der Waals surface area contributed by atoms with E-state index in [1.165, 1.54) is 5.56 Å². The zero-order valence-corrected chi connectivity index (χ0v) is 15.0. The first-order valence-electron chi connectivity index (χ1n) is 9.60. The number of nitrogens with zero attached hydrogens (tertiary/aromatic N) is 3. The van der Waals surface area contributed by atoms with Crippen LogP contribution in [0.2, 0.25) is 0 Å². The number of amides is 3. The van der Waals surface area contributed by atoms with E-state index in [9.17, 15) is 9.59 Å². The number of fused-ring (bicyclic) bond motifs is 1. The number of hydrogen-bond donors (Lipinski definition) is 0. The lowest BCUT2D eigenvalue weighted by atomic mass is 9.96. The molecule has 0 N–H and O–H groups in total. The molecule has 0 bridgehead atoms. The maximum absolute atomic E-state index is 13.2. The molecular formula is C20H27N3O2. The monoisotopic (exact) mass is 341 g/mol. The molecule has 2 saturated heterocycles. The molecule has 3 aliphatic heterocycles. The van der Waals surface area contributed by atoms with Crippen molar-refractivity contribution in [1.82, 2.24) is 9.80 Å². The number of carbonyl (C=O) groups is 2. The van der Waals surface area contributed by atoms with Crippen LogP contribution >= 0.6 is 0 Å². The van der Waals surface area contributed by atoms with Gasteiger partial charge in [0.05, 0.1) is 5.92 Å². The molecule has 0 unspecified atom stereocenters. The Balaban J connectivity index is 1.48. The van der Waals surface area contributed by atoms with E-state index in [-0.39, 0.29) is 23.9 Å². The molecule has 25 heavy (non-hydrogen) atoms. The topological polar surface area (TPSA) is 43.9 Å². The van der Waals surface area contributed by atoms with Crippen LogP contribution in [0.5, 0.6) is 0 Å². The summed E-state index contributed by atoms with van der Waals surface area (Å²) in [5.74, 6) is 0.116. The minimum Gasteiger partial charge on any atom is -0.325 e. The molecule has 2 atom stereocenters. The van der Waals surface area contributed by atoms with Gasteiger partial charge < -0.3 is 14.7 Å². The van der Waals surface area contributed by atoms with Crippen molar-refractivity contribution in [2.45, 2.75) is 45.1 Å². The maximum Gasteiger partial charge on any atom is 0.320 e. The van der Waals surface area contributed by atoms with E-state index >= 15 is 0 Å². The molecule has 0 radical (unpaired) electrons. The number of hydrogen-bond acceptors (Lipinski definition) is 2. The summed E-state index contributed by atoms with van der Waals surface area (Å²) < 4.78 is 0. The minimum absolute atomic E-state index is 0.0751.